The van der Waals surface area contributed by atoms with Crippen LogP contribution in [0.25, 0.3) is 38.8 Å². The van der Waals surface area contributed by atoms with Crippen LogP contribution < -0.4 is 0 Å². The van der Waals surface area contributed by atoms with Crippen LogP contribution in [0.1, 0.15) is 25.2 Å². The van der Waals surface area contributed by atoms with Crippen molar-refractivity contribution in [3.63, 3.8) is 0 Å². The Balaban J connectivity index is 0.00000267. The van der Waals surface area contributed by atoms with Gasteiger partial charge in [-0.15, -0.1) is 29.1 Å². The third-order valence-corrected chi connectivity index (χ3v) is 6.39. The summed E-state index contributed by atoms with van der Waals surface area (Å²) in [6.45, 7) is 4.21. The van der Waals surface area contributed by atoms with E-state index in [0.717, 1.165) is 44.3 Å². The Kier molecular flexibility index (Phi) is 6.27. The predicted molar refractivity (Wildman–Crippen MR) is 136 cm³/mol. The maximum atomic E-state index is 13.9. The first kappa shape index (κ1) is 24.0. The number of hydrogen-bond acceptors (Lipinski definition) is 3. The first-order chi connectivity index (χ1) is 17.0. The average molecular weight is 652 g/mol. The zero-order valence-corrected chi connectivity index (χ0v) is 21.9. The van der Waals surface area contributed by atoms with Gasteiger partial charge in [-0.05, 0) is 31.7 Å². The SMILES string of the molecule is CC(C)(c1cccc(-c2[c-]ccc3ccccc23)n1)c1nn(-c2[c-]ccc(F)n2)c2ccccc12.[Pt+2]. The zero-order chi connectivity index (χ0) is 24.0. The van der Waals surface area contributed by atoms with Crippen LogP contribution in [0, 0.1) is 18.1 Å². The van der Waals surface area contributed by atoms with Crippen molar-refractivity contribution in [2.75, 3.05) is 0 Å². The van der Waals surface area contributed by atoms with E-state index in [1.54, 1.807) is 4.68 Å². The van der Waals surface area contributed by atoms with E-state index in [2.05, 4.69) is 49.2 Å². The van der Waals surface area contributed by atoms with Gasteiger partial charge in [0.2, 0.25) is 0 Å². The molecule has 0 bridgehead atoms. The Bertz CT molecular complexity index is 1700. The second-order valence-electron chi connectivity index (χ2n) is 8.99. The molecule has 0 aliphatic carbocycles. The number of hydrogen-bond donors (Lipinski definition) is 0. The Hall–Kier alpha value is -3.69. The quantitative estimate of drug-likeness (QED) is 0.158. The van der Waals surface area contributed by atoms with Crippen LogP contribution in [0.5, 0.6) is 0 Å². The smallest absolute Gasteiger partial charge is 0.300 e. The minimum absolute atomic E-state index is 0. The molecule has 6 rings (SSSR count). The number of para-hydroxylation sites is 1. The Morgan fingerprint density at radius 3 is 2.36 bits per heavy atom. The van der Waals surface area contributed by atoms with E-state index >= 15 is 0 Å². The molecule has 0 saturated carbocycles. The van der Waals surface area contributed by atoms with Crippen molar-refractivity contribution < 1.29 is 25.5 Å². The van der Waals surface area contributed by atoms with E-state index in [1.807, 2.05) is 60.7 Å². The standard InChI is InChI=1S/C30H21FN4.Pt/c1-30(2,26-17-8-15-24(32-26)22-14-7-11-20-10-3-4-12-21(20)22)29-23-13-5-6-16-25(23)35(34-29)28-19-9-18-27(31)33-28;/h3-13,15-18H,1-2H3;/q-2;+2. The second-order valence-corrected chi connectivity index (χ2v) is 8.99. The van der Waals surface area contributed by atoms with Crippen LogP contribution in [-0.2, 0) is 26.5 Å². The molecule has 178 valence electrons. The van der Waals surface area contributed by atoms with Crippen molar-refractivity contribution in [2.24, 2.45) is 0 Å². The summed E-state index contributed by atoms with van der Waals surface area (Å²) in [5.74, 6) is -0.254. The van der Waals surface area contributed by atoms with Crippen molar-refractivity contribution in [3.05, 3.63) is 120 Å². The molecular formula is C30H21FN4Pt. The van der Waals surface area contributed by atoms with Crippen molar-refractivity contribution in [1.82, 2.24) is 19.7 Å². The fourth-order valence-corrected chi connectivity index (χ4v) is 4.57. The van der Waals surface area contributed by atoms with E-state index < -0.39 is 11.4 Å². The third-order valence-electron chi connectivity index (χ3n) is 6.39. The van der Waals surface area contributed by atoms with E-state index in [9.17, 15) is 4.39 Å². The molecule has 4 nitrogen and oxygen atoms in total. The maximum Gasteiger partial charge on any atom is 2.00 e. The normalized spacial score (nSPS) is 11.5. The molecule has 6 heteroatoms. The number of rotatable bonds is 4. The summed E-state index contributed by atoms with van der Waals surface area (Å²) in [6, 6.07) is 35.4. The van der Waals surface area contributed by atoms with Crippen molar-refractivity contribution in [1.29, 1.82) is 0 Å². The molecule has 36 heavy (non-hydrogen) atoms. The van der Waals surface area contributed by atoms with Crippen LogP contribution in [-0.4, -0.2) is 19.7 Å². The van der Waals surface area contributed by atoms with Gasteiger partial charge >= 0.3 is 21.1 Å². The predicted octanol–water partition coefficient (Wildman–Crippen LogP) is 6.70. The number of nitrogens with zero attached hydrogens (tertiary/aromatic N) is 4. The Labute approximate surface area is 223 Å². The minimum atomic E-state index is -0.570. The molecule has 0 N–H and O–H groups in total. The fourth-order valence-electron chi connectivity index (χ4n) is 4.57. The summed E-state index contributed by atoms with van der Waals surface area (Å²) in [5, 5.41) is 8.13. The van der Waals surface area contributed by atoms with Gasteiger partial charge in [0.05, 0.1) is 22.4 Å². The van der Waals surface area contributed by atoms with Crippen molar-refractivity contribution in [3.8, 4) is 17.1 Å². The monoisotopic (exact) mass is 651 g/mol. The summed E-state index contributed by atoms with van der Waals surface area (Å²) in [5.41, 5.74) is 3.83. The molecule has 0 amide bonds. The molecule has 0 saturated heterocycles. The van der Waals surface area contributed by atoms with Crippen molar-refractivity contribution in [2.45, 2.75) is 19.3 Å². The Morgan fingerprint density at radius 1 is 0.778 bits per heavy atom. The van der Waals surface area contributed by atoms with Gasteiger partial charge in [-0.25, -0.2) is 26.2 Å². The van der Waals surface area contributed by atoms with Gasteiger partial charge in [-0.3, -0.25) is 0 Å². The van der Waals surface area contributed by atoms with Crippen LogP contribution >= 0.6 is 0 Å². The number of fused-ring (bicyclic) bond motifs is 2. The first-order valence-corrected chi connectivity index (χ1v) is 11.4. The van der Waals surface area contributed by atoms with Gasteiger partial charge in [-0.1, -0.05) is 60.0 Å². The Morgan fingerprint density at radius 2 is 1.53 bits per heavy atom. The van der Waals surface area contributed by atoms with E-state index in [-0.39, 0.29) is 21.1 Å². The third kappa shape index (κ3) is 4.04. The van der Waals surface area contributed by atoms with Gasteiger partial charge in [0.25, 0.3) is 0 Å². The average Bonchev–Trinajstić information content (AvgIpc) is 3.29. The fraction of sp³-hybridized carbons (Fsp3) is 0.100. The molecule has 0 aliphatic rings. The molecular weight excluding hydrogens is 630 g/mol. The molecule has 6 aromatic rings. The molecule has 3 heterocycles. The van der Waals surface area contributed by atoms with Gasteiger partial charge in [0.15, 0.2) is 0 Å². The summed E-state index contributed by atoms with van der Waals surface area (Å²) in [6.07, 6.45) is 0. The summed E-state index contributed by atoms with van der Waals surface area (Å²) >= 11 is 0. The number of aromatic nitrogens is 4. The molecule has 0 aliphatic heterocycles. The largest absolute Gasteiger partial charge is 2.00 e. The van der Waals surface area contributed by atoms with Gasteiger partial charge in [0.1, 0.15) is 5.95 Å². The molecule has 0 spiro atoms. The molecule has 0 radical (unpaired) electrons. The van der Waals surface area contributed by atoms with Gasteiger partial charge in [0, 0.05) is 11.1 Å². The number of halogens is 1. The zero-order valence-electron chi connectivity index (χ0n) is 19.6. The summed E-state index contributed by atoms with van der Waals surface area (Å²) < 4.78 is 15.5. The summed E-state index contributed by atoms with van der Waals surface area (Å²) in [7, 11) is 0. The van der Waals surface area contributed by atoms with Gasteiger partial charge < -0.3 is 4.98 Å². The molecule has 0 atom stereocenters. The van der Waals surface area contributed by atoms with Crippen LogP contribution in [0.2, 0.25) is 0 Å². The minimum Gasteiger partial charge on any atom is -0.300 e. The molecule has 3 aromatic carbocycles. The number of benzene rings is 3. The topological polar surface area (TPSA) is 43.6 Å². The van der Waals surface area contributed by atoms with Crippen molar-refractivity contribution >= 4 is 21.7 Å². The molecule has 0 fully saturated rings. The second kappa shape index (κ2) is 9.40. The van der Waals surface area contributed by atoms with E-state index in [4.69, 9.17) is 10.1 Å². The molecule has 3 aromatic heterocycles. The van der Waals surface area contributed by atoms with Gasteiger partial charge in [-0.2, -0.15) is 11.2 Å². The van der Waals surface area contributed by atoms with E-state index in [0.29, 0.717) is 5.82 Å². The van der Waals surface area contributed by atoms with Crippen LogP contribution in [0.3, 0.4) is 0 Å². The molecule has 0 unspecified atom stereocenters. The summed E-state index contributed by atoms with van der Waals surface area (Å²) in [4.78, 5) is 9.08. The maximum absolute atomic E-state index is 13.9. The van der Waals surface area contributed by atoms with Crippen LogP contribution in [0.15, 0.2) is 91.0 Å². The number of pyridine rings is 2. The first-order valence-electron chi connectivity index (χ1n) is 11.4. The van der Waals surface area contributed by atoms with Crippen LogP contribution in [0.4, 0.5) is 4.39 Å². The van der Waals surface area contributed by atoms with E-state index in [1.165, 1.54) is 12.1 Å².